The molecule has 0 radical (unpaired) electrons. The van der Waals surface area contributed by atoms with Gasteiger partial charge in [0.2, 0.25) is 0 Å². The molecule has 2 heteroatoms. The van der Waals surface area contributed by atoms with Gasteiger partial charge in [0.05, 0.1) is 0 Å². The van der Waals surface area contributed by atoms with Gasteiger partial charge in [0.1, 0.15) is 0 Å². The molecular formula is C15H32N2. The fraction of sp³-hybridized carbons (Fsp3) is 1.00. The molecule has 102 valence electrons. The summed E-state index contributed by atoms with van der Waals surface area (Å²) in [6.45, 7) is 16.4. The minimum atomic E-state index is 0.786. The van der Waals surface area contributed by atoms with Crippen molar-refractivity contribution in [3.05, 3.63) is 0 Å². The van der Waals surface area contributed by atoms with Gasteiger partial charge in [-0.2, -0.15) is 0 Å². The molecule has 1 N–H and O–H groups in total. The molecule has 0 bridgehead atoms. The van der Waals surface area contributed by atoms with Gasteiger partial charge in [-0.1, -0.05) is 34.6 Å². The minimum Gasteiger partial charge on any atom is -0.317 e. The predicted molar refractivity (Wildman–Crippen MR) is 76.3 cm³/mol. The second kappa shape index (κ2) is 7.38. The zero-order valence-corrected chi connectivity index (χ0v) is 12.5. The highest BCUT2D eigenvalue weighted by Gasteiger charge is 2.35. The molecule has 0 saturated heterocycles. The molecule has 0 aliphatic heterocycles. The highest BCUT2D eigenvalue weighted by Crippen LogP contribution is 2.32. The maximum atomic E-state index is 3.52. The summed E-state index contributed by atoms with van der Waals surface area (Å²) >= 11 is 0. The van der Waals surface area contributed by atoms with Gasteiger partial charge < -0.3 is 5.32 Å². The Morgan fingerprint density at radius 1 is 1.06 bits per heavy atom. The van der Waals surface area contributed by atoms with E-state index in [0.29, 0.717) is 0 Å². The summed E-state index contributed by atoms with van der Waals surface area (Å²) in [6, 6.07) is 0.846. The van der Waals surface area contributed by atoms with Crippen molar-refractivity contribution in [1.29, 1.82) is 0 Å². The van der Waals surface area contributed by atoms with E-state index >= 15 is 0 Å². The molecule has 0 aromatic rings. The van der Waals surface area contributed by atoms with E-state index in [1.807, 2.05) is 0 Å². The maximum absolute atomic E-state index is 3.52. The largest absolute Gasteiger partial charge is 0.317 e. The molecule has 1 fully saturated rings. The maximum Gasteiger partial charge on any atom is 0.0136 e. The quantitative estimate of drug-likeness (QED) is 0.701. The van der Waals surface area contributed by atoms with Gasteiger partial charge in [0, 0.05) is 19.1 Å². The first-order valence-electron chi connectivity index (χ1n) is 7.49. The Morgan fingerprint density at radius 2 is 1.65 bits per heavy atom. The predicted octanol–water partition coefficient (Wildman–Crippen LogP) is 2.99. The number of nitrogens with one attached hydrogen (secondary N) is 1. The van der Waals surface area contributed by atoms with E-state index in [1.54, 1.807) is 0 Å². The zero-order valence-electron chi connectivity index (χ0n) is 12.5. The topological polar surface area (TPSA) is 15.3 Å². The first-order chi connectivity index (χ1) is 8.04. The van der Waals surface area contributed by atoms with E-state index in [2.05, 4.69) is 44.8 Å². The Balaban J connectivity index is 2.45. The summed E-state index contributed by atoms with van der Waals surface area (Å²) in [6.07, 6.45) is 2.83. The SMILES string of the molecule is CCNCC1CCC1N(CC(C)C)CC(C)C. The lowest BCUT2D eigenvalue weighted by Gasteiger charge is -2.46. The van der Waals surface area contributed by atoms with Crippen molar-refractivity contribution in [2.24, 2.45) is 17.8 Å². The van der Waals surface area contributed by atoms with Crippen LogP contribution in [0, 0.1) is 17.8 Å². The van der Waals surface area contributed by atoms with E-state index in [1.165, 1.54) is 32.5 Å². The molecule has 2 atom stereocenters. The van der Waals surface area contributed by atoms with E-state index in [9.17, 15) is 0 Å². The first-order valence-corrected chi connectivity index (χ1v) is 7.49. The van der Waals surface area contributed by atoms with Gasteiger partial charge in [0.15, 0.2) is 0 Å². The summed E-state index contributed by atoms with van der Waals surface area (Å²) < 4.78 is 0. The van der Waals surface area contributed by atoms with E-state index in [4.69, 9.17) is 0 Å². The molecule has 17 heavy (non-hydrogen) atoms. The Bertz CT molecular complexity index is 191. The molecule has 0 aromatic carbocycles. The van der Waals surface area contributed by atoms with Crippen LogP contribution in [0.3, 0.4) is 0 Å². The molecular weight excluding hydrogens is 208 g/mol. The van der Waals surface area contributed by atoms with Crippen LogP contribution in [0.1, 0.15) is 47.5 Å². The normalized spacial score (nSPS) is 24.7. The van der Waals surface area contributed by atoms with Crippen molar-refractivity contribution in [1.82, 2.24) is 10.2 Å². The summed E-state index contributed by atoms with van der Waals surface area (Å²) in [4.78, 5) is 2.75. The summed E-state index contributed by atoms with van der Waals surface area (Å²) in [5.41, 5.74) is 0. The third-order valence-electron chi connectivity index (χ3n) is 3.70. The van der Waals surface area contributed by atoms with Gasteiger partial charge >= 0.3 is 0 Å². The third kappa shape index (κ3) is 4.97. The lowest BCUT2D eigenvalue weighted by Crippen LogP contribution is -2.52. The molecule has 0 heterocycles. The second-order valence-corrected chi connectivity index (χ2v) is 6.45. The molecule has 1 aliphatic carbocycles. The van der Waals surface area contributed by atoms with Crippen molar-refractivity contribution in [3.8, 4) is 0 Å². The first kappa shape index (κ1) is 15.0. The van der Waals surface area contributed by atoms with Gasteiger partial charge in [-0.25, -0.2) is 0 Å². The Morgan fingerprint density at radius 3 is 2.00 bits per heavy atom. The average Bonchev–Trinajstić information content (AvgIpc) is 2.14. The standard InChI is InChI=1S/C15H32N2/c1-6-16-9-14-7-8-15(14)17(10-12(2)3)11-13(4)5/h12-16H,6-11H2,1-5H3. The van der Waals surface area contributed by atoms with Gasteiger partial charge in [-0.15, -0.1) is 0 Å². The fourth-order valence-corrected chi connectivity index (χ4v) is 2.88. The Labute approximate surface area is 108 Å². The summed E-state index contributed by atoms with van der Waals surface area (Å²) in [7, 11) is 0. The van der Waals surface area contributed by atoms with E-state index in [0.717, 1.165) is 30.3 Å². The highest BCUT2D eigenvalue weighted by molar-refractivity contribution is 4.90. The lowest BCUT2D eigenvalue weighted by molar-refractivity contribution is 0.0438. The van der Waals surface area contributed by atoms with Crippen LogP contribution in [-0.4, -0.2) is 37.1 Å². The number of hydrogen-bond acceptors (Lipinski definition) is 2. The van der Waals surface area contributed by atoms with Crippen LogP contribution < -0.4 is 5.32 Å². The molecule has 0 aromatic heterocycles. The van der Waals surface area contributed by atoms with Crippen molar-refractivity contribution >= 4 is 0 Å². The monoisotopic (exact) mass is 240 g/mol. The van der Waals surface area contributed by atoms with Crippen LogP contribution in [0.5, 0.6) is 0 Å². The molecule has 1 saturated carbocycles. The van der Waals surface area contributed by atoms with Crippen LogP contribution in [0.15, 0.2) is 0 Å². The second-order valence-electron chi connectivity index (χ2n) is 6.45. The summed E-state index contributed by atoms with van der Waals surface area (Å²) in [5.74, 6) is 2.47. The van der Waals surface area contributed by atoms with Crippen molar-refractivity contribution in [3.63, 3.8) is 0 Å². The molecule has 1 rings (SSSR count). The average molecular weight is 240 g/mol. The molecule has 1 aliphatic rings. The van der Waals surface area contributed by atoms with Gasteiger partial charge in [-0.05, 0) is 43.7 Å². The number of hydrogen-bond donors (Lipinski definition) is 1. The van der Waals surface area contributed by atoms with Crippen molar-refractivity contribution in [2.75, 3.05) is 26.2 Å². The van der Waals surface area contributed by atoms with Crippen LogP contribution in [-0.2, 0) is 0 Å². The number of nitrogens with zero attached hydrogens (tertiary/aromatic N) is 1. The van der Waals surface area contributed by atoms with Crippen LogP contribution >= 0.6 is 0 Å². The Hall–Kier alpha value is -0.0800. The minimum absolute atomic E-state index is 0.786. The van der Waals surface area contributed by atoms with Crippen LogP contribution in [0.4, 0.5) is 0 Å². The molecule has 2 nitrogen and oxygen atoms in total. The van der Waals surface area contributed by atoms with Crippen molar-refractivity contribution in [2.45, 2.75) is 53.5 Å². The van der Waals surface area contributed by atoms with Crippen LogP contribution in [0.2, 0.25) is 0 Å². The fourth-order valence-electron chi connectivity index (χ4n) is 2.88. The lowest BCUT2D eigenvalue weighted by atomic mass is 9.77. The molecule has 0 amide bonds. The Kier molecular flexibility index (Phi) is 6.50. The third-order valence-corrected chi connectivity index (χ3v) is 3.70. The molecule has 2 unspecified atom stereocenters. The van der Waals surface area contributed by atoms with Crippen LogP contribution in [0.25, 0.3) is 0 Å². The van der Waals surface area contributed by atoms with Crippen molar-refractivity contribution < 1.29 is 0 Å². The van der Waals surface area contributed by atoms with E-state index in [-0.39, 0.29) is 0 Å². The van der Waals surface area contributed by atoms with Gasteiger partial charge in [-0.3, -0.25) is 4.90 Å². The number of rotatable bonds is 8. The summed E-state index contributed by atoms with van der Waals surface area (Å²) in [5, 5.41) is 3.52. The zero-order chi connectivity index (χ0) is 12.8. The highest BCUT2D eigenvalue weighted by atomic mass is 15.2. The smallest absolute Gasteiger partial charge is 0.0136 e. The molecule has 0 spiro atoms. The van der Waals surface area contributed by atoms with Gasteiger partial charge in [0.25, 0.3) is 0 Å². The van der Waals surface area contributed by atoms with E-state index < -0.39 is 0 Å².